The van der Waals surface area contributed by atoms with Crippen LogP contribution in [0.2, 0.25) is 0 Å². The van der Waals surface area contributed by atoms with Crippen molar-refractivity contribution in [3.8, 4) is 22.4 Å². The van der Waals surface area contributed by atoms with Gasteiger partial charge in [-0.25, -0.2) is 19.0 Å². The molecule has 4 aromatic rings. The normalized spacial score (nSPS) is 11.8. The van der Waals surface area contributed by atoms with E-state index in [9.17, 15) is 5.11 Å². The standard InChI is InChI=1S/C22H22FN5O/c1-22(2,29)12-28-21-18(20(24-3)25-13-26-21)19(27-28)16-10-9-15(11-17(16)23)14-7-5-4-6-8-14/h4-11,13,29H,12H2,1-3H3,(H,24,25,26). The van der Waals surface area contributed by atoms with E-state index in [4.69, 9.17) is 0 Å². The van der Waals surface area contributed by atoms with E-state index in [1.54, 1.807) is 31.6 Å². The highest BCUT2D eigenvalue weighted by Gasteiger charge is 2.23. The highest BCUT2D eigenvalue weighted by molar-refractivity contribution is 5.99. The van der Waals surface area contributed by atoms with Gasteiger partial charge in [0.05, 0.1) is 17.5 Å². The molecule has 2 aromatic carbocycles. The van der Waals surface area contributed by atoms with Gasteiger partial charge in [0.25, 0.3) is 0 Å². The summed E-state index contributed by atoms with van der Waals surface area (Å²) in [4.78, 5) is 8.59. The van der Waals surface area contributed by atoms with Crippen LogP contribution in [0.15, 0.2) is 54.9 Å². The Morgan fingerprint density at radius 3 is 2.48 bits per heavy atom. The number of anilines is 1. The van der Waals surface area contributed by atoms with Crippen LogP contribution in [0.3, 0.4) is 0 Å². The quantitative estimate of drug-likeness (QED) is 0.535. The van der Waals surface area contributed by atoms with E-state index < -0.39 is 5.60 Å². The predicted molar refractivity (Wildman–Crippen MR) is 112 cm³/mol. The molecule has 0 fully saturated rings. The van der Waals surface area contributed by atoms with Gasteiger partial charge in [-0.1, -0.05) is 36.4 Å². The first-order chi connectivity index (χ1) is 13.9. The summed E-state index contributed by atoms with van der Waals surface area (Å²) >= 11 is 0. The van der Waals surface area contributed by atoms with Crippen LogP contribution in [-0.4, -0.2) is 37.5 Å². The minimum Gasteiger partial charge on any atom is -0.389 e. The van der Waals surface area contributed by atoms with Gasteiger partial charge in [-0.2, -0.15) is 5.10 Å². The summed E-state index contributed by atoms with van der Waals surface area (Å²) in [6.07, 6.45) is 1.43. The zero-order chi connectivity index (χ0) is 20.6. The maximum atomic E-state index is 15.2. The Kier molecular flexibility index (Phi) is 4.76. The van der Waals surface area contributed by atoms with E-state index in [0.29, 0.717) is 28.1 Å². The molecular formula is C22H22FN5O. The maximum Gasteiger partial charge on any atom is 0.164 e. The average molecular weight is 391 g/mol. The van der Waals surface area contributed by atoms with Gasteiger partial charge in [0.15, 0.2) is 5.65 Å². The third-order valence-corrected chi connectivity index (χ3v) is 4.63. The van der Waals surface area contributed by atoms with Crippen LogP contribution in [0.5, 0.6) is 0 Å². The topological polar surface area (TPSA) is 75.9 Å². The molecule has 0 aliphatic heterocycles. The van der Waals surface area contributed by atoms with Crippen molar-refractivity contribution in [3.05, 3.63) is 60.7 Å². The molecule has 0 unspecified atom stereocenters. The Bertz CT molecular complexity index is 1170. The number of rotatable bonds is 5. The molecule has 2 N–H and O–H groups in total. The van der Waals surface area contributed by atoms with E-state index in [2.05, 4.69) is 20.4 Å². The minimum atomic E-state index is -1.00. The molecule has 0 amide bonds. The van der Waals surface area contributed by atoms with Crippen molar-refractivity contribution in [3.63, 3.8) is 0 Å². The molecule has 2 aromatic heterocycles. The summed E-state index contributed by atoms with van der Waals surface area (Å²) in [7, 11) is 1.74. The fourth-order valence-corrected chi connectivity index (χ4v) is 3.38. The summed E-state index contributed by atoms with van der Waals surface area (Å²) < 4.78 is 16.8. The van der Waals surface area contributed by atoms with Crippen LogP contribution in [-0.2, 0) is 6.54 Å². The van der Waals surface area contributed by atoms with Crippen molar-refractivity contribution in [1.82, 2.24) is 19.7 Å². The molecule has 2 heterocycles. The molecular weight excluding hydrogens is 369 g/mol. The Balaban J connectivity index is 1.89. The molecule has 0 saturated carbocycles. The van der Waals surface area contributed by atoms with Crippen LogP contribution >= 0.6 is 0 Å². The third kappa shape index (κ3) is 3.69. The number of nitrogens with zero attached hydrogens (tertiary/aromatic N) is 4. The van der Waals surface area contributed by atoms with Crippen molar-refractivity contribution >= 4 is 16.9 Å². The van der Waals surface area contributed by atoms with Crippen LogP contribution < -0.4 is 5.32 Å². The number of aliphatic hydroxyl groups is 1. The fourth-order valence-electron chi connectivity index (χ4n) is 3.38. The SMILES string of the molecule is CNc1ncnc2c1c(-c1ccc(-c3ccccc3)cc1F)nn2CC(C)(C)O. The van der Waals surface area contributed by atoms with Crippen molar-refractivity contribution in [1.29, 1.82) is 0 Å². The molecule has 148 valence electrons. The van der Waals surface area contributed by atoms with Crippen LogP contribution in [0.1, 0.15) is 13.8 Å². The first kappa shape index (κ1) is 19.0. The van der Waals surface area contributed by atoms with Crippen LogP contribution in [0, 0.1) is 5.82 Å². The van der Waals surface area contributed by atoms with Crippen molar-refractivity contribution in [2.24, 2.45) is 0 Å². The predicted octanol–water partition coefficient (Wildman–Crippen LogP) is 4.11. The molecule has 0 radical (unpaired) electrons. The molecule has 0 saturated heterocycles. The van der Waals surface area contributed by atoms with E-state index in [-0.39, 0.29) is 12.4 Å². The van der Waals surface area contributed by atoms with Gasteiger partial charge < -0.3 is 10.4 Å². The molecule has 0 aliphatic rings. The van der Waals surface area contributed by atoms with Gasteiger partial charge in [-0.15, -0.1) is 0 Å². The summed E-state index contributed by atoms with van der Waals surface area (Å²) in [6, 6.07) is 14.7. The van der Waals surface area contributed by atoms with Crippen LogP contribution in [0.4, 0.5) is 10.2 Å². The smallest absolute Gasteiger partial charge is 0.164 e. The number of benzene rings is 2. The lowest BCUT2D eigenvalue weighted by molar-refractivity contribution is 0.0590. The van der Waals surface area contributed by atoms with Crippen molar-refractivity contribution < 1.29 is 9.50 Å². The fraction of sp³-hybridized carbons (Fsp3) is 0.227. The second kappa shape index (κ2) is 7.25. The van der Waals surface area contributed by atoms with Crippen LogP contribution in [0.25, 0.3) is 33.4 Å². The highest BCUT2D eigenvalue weighted by atomic mass is 19.1. The van der Waals surface area contributed by atoms with E-state index in [0.717, 1.165) is 11.1 Å². The summed E-state index contributed by atoms with van der Waals surface area (Å²) in [6.45, 7) is 3.60. The van der Waals surface area contributed by atoms with Gasteiger partial charge in [-0.3, -0.25) is 0 Å². The molecule has 7 heteroatoms. The second-order valence-electron chi connectivity index (χ2n) is 7.55. The number of hydrogen-bond acceptors (Lipinski definition) is 5. The first-order valence-electron chi connectivity index (χ1n) is 9.34. The Morgan fingerprint density at radius 2 is 1.83 bits per heavy atom. The van der Waals surface area contributed by atoms with Gasteiger partial charge in [0, 0.05) is 12.6 Å². The molecule has 4 rings (SSSR count). The minimum absolute atomic E-state index is 0.216. The van der Waals surface area contributed by atoms with Gasteiger partial charge in [0.2, 0.25) is 0 Å². The van der Waals surface area contributed by atoms with Gasteiger partial charge >= 0.3 is 0 Å². The lowest BCUT2D eigenvalue weighted by Gasteiger charge is -2.17. The zero-order valence-electron chi connectivity index (χ0n) is 16.5. The number of fused-ring (bicyclic) bond motifs is 1. The first-order valence-corrected chi connectivity index (χ1v) is 9.34. The summed E-state index contributed by atoms with van der Waals surface area (Å²) in [5.41, 5.74) is 2.05. The Morgan fingerprint density at radius 1 is 1.07 bits per heavy atom. The summed E-state index contributed by atoms with van der Waals surface area (Å²) in [5, 5.41) is 18.5. The van der Waals surface area contributed by atoms with Crippen molar-refractivity contribution in [2.75, 3.05) is 12.4 Å². The number of nitrogens with one attached hydrogen (secondary N) is 1. The Hall–Kier alpha value is -3.32. The van der Waals surface area contributed by atoms with E-state index in [1.807, 2.05) is 36.4 Å². The lowest BCUT2D eigenvalue weighted by Crippen LogP contribution is -2.26. The van der Waals surface area contributed by atoms with E-state index >= 15 is 4.39 Å². The molecule has 29 heavy (non-hydrogen) atoms. The summed E-state index contributed by atoms with van der Waals surface area (Å²) in [5.74, 6) is 0.172. The molecule has 0 bridgehead atoms. The third-order valence-electron chi connectivity index (χ3n) is 4.63. The molecule has 0 aliphatic carbocycles. The van der Waals surface area contributed by atoms with E-state index in [1.165, 1.54) is 12.4 Å². The van der Waals surface area contributed by atoms with Crippen molar-refractivity contribution in [2.45, 2.75) is 26.0 Å². The Labute approximate surface area is 168 Å². The maximum absolute atomic E-state index is 15.2. The zero-order valence-corrected chi connectivity index (χ0v) is 16.5. The number of halogens is 1. The monoisotopic (exact) mass is 391 g/mol. The van der Waals surface area contributed by atoms with Gasteiger partial charge in [-0.05, 0) is 37.1 Å². The largest absolute Gasteiger partial charge is 0.389 e. The highest BCUT2D eigenvalue weighted by Crippen LogP contribution is 2.34. The second-order valence-corrected chi connectivity index (χ2v) is 7.55. The number of aromatic nitrogens is 4. The molecule has 0 atom stereocenters. The molecule has 0 spiro atoms. The number of hydrogen-bond donors (Lipinski definition) is 2. The van der Waals surface area contributed by atoms with Gasteiger partial charge in [0.1, 0.15) is 23.7 Å². The lowest BCUT2D eigenvalue weighted by atomic mass is 10.0. The average Bonchev–Trinajstić information content (AvgIpc) is 3.05. The molecule has 6 nitrogen and oxygen atoms in total.